The lowest BCUT2D eigenvalue weighted by atomic mass is 9.69. The van der Waals surface area contributed by atoms with Gasteiger partial charge in [0.1, 0.15) is 0 Å². The summed E-state index contributed by atoms with van der Waals surface area (Å²) in [5, 5.41) is 3.08. The highest BCUT2D eigenvalue weighted by molar-refractivity contribution is 5.78. The SMILES string of the molecule is COc1ccc(CNC(=O)C2CCC(C(C)(C)C)CC2)cc1OC. The van der Waals surface area contributed by atoms with Gasteiger partial charge in [-0.3, -0.25) is 4.79 Å². The van der Waals surface area contributed by atoms with E-state index >= 15 is 0 Å². The van der Waals surface area contributed by atoms with E-state index in [9.17, 15) is 4.79 Å². The van der Waals surface area contributed by atoms with Crippen molar-refractivity contribution in [1.29, 1.82) is 0 Å². The van der Waals surface area contributed by atoms with Crippen molar-refractivity contribution in [3.05, 3.63) is 23.8 Å². The van der Waals surface area contributed by atoms with Crippen LogP contribution in [0.25, 0.3) is 0 Å². The number of nitrogens with one attached hydrogen (secondary N) is 1. The fourth-order valence-electron chi connectivity index (χ4n) is 3.55. The number of amides is 1. The van der Waals surface area contributed by atoms with Crippen LogP contribution in [0.4, 0.5) is 0 Å². The molecule has 1 amide bonds. The minimum Gasteiger partial charge on any atom is -0.493 e. The third-order valence-electron chi connectivity index (χ3n) is 5.24. The highest BCUT2D eigenvalue weighted by Gasteiger charge is 2.32. The number of hydrogen-bond donors (Lipinski definition) is 1. The monoisotopic (exact) mass is 333 g/mol. The lowest BCUT2D eigenvalue weighted by Crippen LogP contribution is -2.35. The van der Waals surface area contributed by atoms with Gasteiger partial charge in [0.2, 0.25) is 5.91 Å². The predicted molar refractivity (Wildman–Crippen MR) is 96.3 cm³/mol. The maximum atomic E-state index is 12.4. The van der Waals surface area contributed by atoms with Crippen LogP contribution < -0.4 is 14.8 Å². The molecule has 0 heterocycles. The average molecular weight is 333 g/mol. The zero-order chi connectivity index (χ0) is 17.7. The van der Waals surface area contributed by atoms with Crippen LogP contribution in [0.1, 0.15) is 52.0 Å². The first-order valence-corrected chi connectivity index (χ1v) is 8.83. The van der Waals surface area contributed by atoms with Crippen LogP contribution in [0.2, 0.25) is 0 Å². The topological polar surface area (TPSA) is 47.6 Å². The van der Waals surface area contributed by atoms with Gasteiger partial charge in [0.05, 0.1) is 14.2 Å². The Morgan fingerprint density at radius 1 is 1.08 bits per heavy atom. The number of ether oxygens (including phenoxy) is 2. The molecule has 4 heteroatoms. The van der Waals surface area contributed by atoms with E-state index in [4.69, 9.17) is 9.47 Å². The van der Waals surface area contributed by atoms with Crippen molar-refractivity contribution < 1.29 is 14.3 Å². The highest BCUT2D eigenvalue weighted by atomic mass is 16.5. The fourth-order valence-corrected chi connectivity index (χ4v) is 3.55. The van der Waals surface area contributed by atoms with Crippen molar-refractivity contribution in [3.8, 4) is 11.5 Å². The highest BCUT2D eigenvalue weighted by Crippen LogP contribution is 2.39. The van der Waals surface area contributed by atoms with Gasteiger partial charge >= 0.3 is 0 Å². The summed E-state index contributed by atoms with van der Waals surface area (Å²) in [5.74, 6) is 2.45. The van der Waals surface area contributed by atoms with E-state index in [1.807, 2.05) is 18.2 Å². The molecule has 0 unspecified atom stereocenters. The second-order valence-corrected chi connectivity index (χ2v) is 7.82. The summed E-state index contributed by atoms with van der Waals surface area (Å²) < 4.78 is 10.5. The van der Waals surface area contributed by atoms with Crippen LogP contribution in [0, 0.1) is 17.3 Å². The molecule has 1 aromatic carbocycles. The summed E-state index contributed by atoms with van der Waals surface area (Å²) >= 11 is 0. The molecule has 24 heavy (non-hydrogen) atoms. The van der Waals surface area contributed by atoms with Crippen molar-refractivity contribution in [2.75, 3.05) is 14.2 Å². The first kappa shape index (κ1) is 18.6. The van der Waals surface area contributed by atoms with Gasteiger partial charge in [0, 0.05) is 12.5 Å². The van der Waals surface area contributed by atoms with Crippen LogP contribution in [-0.4, -0.2) is 20.1 Å². The van der Waals surface area contributed by atoms with Gasteiger partial charge in [-0.05, 0) is 54.7 Å². The maximum Gasteiger partial charge on any atom is 0.223 e. The Bertz CT molecular complexity index is 554. The van der Waals surface area contributed by atoms with E-state index < -0.39 is 0 Å². The van der Waals surface area contributed by atoms with Crippen molar-refractivity contribution in [2.24, 2.45) is 17.3 Å². The van der Waals surface area contributed by atoms with E-state index in [2.05, 4.69) is 26.1 Å². The average Bonchev–Trinajstić information content (AvgIpc) is 2.58. The second kappa shape index (κ2) is 7.91. The number of methoxy groups -OCH3 is 2. The Labute approximate surface area is 145 Å². The van der Waals surface area contributed by atoms with Gasteiger partial charge in [-0.15, -0.1) is 0 Å². The van der Waals surface area contributed by atoms with Gasteiger partial charge < -0.3 is 14.8 Å². The lowest BCUT2D eigenvalue weighted by Gasteiger charge is -2.36. The molecule has 1 saturated carbocycles. The standard InChI is InChI=1S/C20H31NO3/c1-20(2,3)16-9-7-15(8-10-16)19(22)21-13-14-6-11-17(23-4)18(12-14)24-5/h6,11-12,15-16H,7-10,13H2,1-5H3,(H,21,22). The summed E-state index contributed by atoms with van der Waals surface area (Å²) in [6.45, 7) is 7.43. The summed E-state index contributed by atoms with van der Waals surface area (Å²) in [4.78, 5) is 12.4. The van der Waals surface area contributed by atoms with Gasteiger partial charge in [-0.25, -0.2) is 0 Å². The fraction of sp³-hybridized carbons (Fsp3) is 0.650. The minimum absolute atomic E-state index is 0.156. The third kappa shape index (κ3) is 4.65. The van der Waals surface area contributed by atoms with Crippen molar-refractivity contribution in [2.45, 2.75) is 53.0 Å². The number of rotatable bonds is 5. The maximum absolute atomic E-state index is 12.4. The molecule has 1 aliphatic carbocycles. The number of hydrogen-bond acceptors (Lipinski definition) is 3. The van der Waals surface area contributed by atoms with Gasteiger partial charge in [-0.1, -0.05) is 26.8 Å². The molecule has 1 N–H and O–H groups in total. The molecule has 0 aromatic heterocycles. The summed E-state index contributed by atoms with van der Waals surface area (Å²) in [7, 11) is 3.24. The third-order valence-corrected chi connectivity index (χ3v) is 5.24. The normalized spacial score (nSPS) is 21.2. The van der Waals surface area contributed by atoms with Gasteiger partial charge in [-0.2, -0.15) is 0 Å². The van der Waals surface area contributed by atoms with E-state index in [-0.39, 0.29) is 11.8 Å². The van der Waals surface area contributed by atoms with Crippen LogP contribution in [0.15, 0.2) is 18.2 Å². The molecule has 4 nitrogen and oxygen atoms in total. The molecule has 0 radical (unpaired) electrons. The Kier molecular flexibility index (Phi) is 6.14. The van der Waals surface area contributed by atoms with E-state index in [1.54, 1.807) is 14.2 Å². The second-order valence-electron chi connectivity index (χ2n) is 7.82. The number of carbonyl (C=O) groups excluding carboxylic acids is 1. The lowest BCUT2D eigenvalue weighted by molar-refractivity contribution is -0.126. The quantitative estimate of drug-likeness (QED) is 0.879. The molecule has 0 spiro atoms. The van der Waals surface area contributed by atoms with Crippen LogP contribution in [-0.2, 0) is 11.3 Å². The molecule has 134 valence electrons. The molecular weight excluding hydrogens is 302 g/mol. The van der Waals surface area contributed by atoms with E-state index in [1.165, 1.54) is 0 Å². The Morgan fingerprint density at radius 2 is 1.71 bits per heavy atom. The van der Waals surface area contributed by atoms with Crippen molar-refractivity contribution >= 4 is 5.91 Å². The number of benzene rings is 1. The first-order chi connectivity index (χ1) is 11.3. The predicted octanol–water partition coefficient (Wildman–Crippen LogP) is 4.17. The van der Waals surface area contributed by atoms with Gasteiger partial charge in [0.25, 0.3) is 0 Å². The zero-order valence-corrected chi connectivity index (χ0v) is 15.6. The Hall–Kier alpha value is -1.71. The minimum atomic E-state index is 0.156. The molecule has 0 atom stereocenters. The molecule has 0 aliphatic heterocycles. The molecule has 0 bridgehead atoms. The molecule has 0 saturated heterocycles. The molecular formula is C20H31NO3. The Morgan fingerprint density at radius 3 is 2.25 bits per heavy atom. The van der Waals surface area contributed by atoms with E-state index in [0.717, 1.165) is 37.2 Å². The van der Waals surface area contributed by atoms with Crippen LogP contribution >= 0.6 is 0 Å². The van der Waals surface area contributed by atoms with Gasteiger partial charge in [0.15, 0.2) is 11.5 Å². The van der Waals surface area contributed by atoms with Crippen molar-refractivity contribution in [3.63, 3.8) is 0 Å². The van der Waals surface area contributed by atoms with Crippen LogP contribution in [0.3, 0.4) is 0 Å². The summed E-state index contributed by atoms with van der Waals surface area (Å²) in [6.07, 6.45) is 4.30. The largest absolute Gasteiger partial charge is 0.493 e. The molecule has 1 aliphatic rings. The van der Waals surface area contributed by atoms with Crippen molar-refractivity contribution in [1.82, 2.24) is 5.32 Å². The summed E-state index contributed by atoms with van der Waals surface area (Å²) in [6, 6.07) is 5.74. The molecule has 2 rings (SSSR count). The molecule has 1 aromatic rings. The zero-order valence-electron chi connectivity index (χ0n) is 15.6. The number of carbonyl (C=O) groups is 1. The molecule has 1 fully saturated rings. The first-order valence-electron chi connectivity index (χ1n) is 8.83. The van der Waals surface area contributed by atoms with Crippen LogP contribution in [0.5, 0.6) is 11.5 Å². The smallest absolute Gasteiger partial charge is 0.223 e. The Balaban J connectivity index is 1.86. The summed E-state index contributed by atoms with van der Waals surface area (Å²) in [5.41, 5.74) is 1.37. The van der Waals surface area contributed by atoms with E-state index in [0.29, 0.717) is 23.5 Å².